The molecule has 1 aliphatic carbocycles. The molecule has 3 aromatic rings. The van der Waals surface area contributed by atoms with Crippen molar-refractivity contribution in [3.63, 3.8) is 0 Å². The quantitative estimate of drug-likeness (QED) is 0.513. The highest BCUT2D eigenvalue weighted by Crippen LogP contribution is 2.54. The minimum absolute atomic E-state index is 0.0672. The molecule has 3 aliphatic rings. The Morgan fingerprint density at radius 3 is 2.41 bits per heavy atom. The Labute approximate surface area is 192 Å². The van der Waals surface area contributed by atoms with Gasteiger partial charge >= 0.3 is 0 Å². The number of benzene rings is 2. The number of thiophene rings is 1. The van der Waals surface area contributed by atoms with Crippen LogP contribution in [-0.2, 0) is 16.1 Å². The molecule has 5 atom stereocenters. The van der Waals surface area contributed by atoms with Gasteiger partial charge in [0.25, 0.3) is 0 Å². The molecule has 1 spiro atoms. The first-order valence-electron chi connectivity index (χ1n) is 11.3. The summed E-state index contributed by atoms with van der Waals surface area (Å²) in [6.07, 6.45) is 1.14. The van der Waals surface area contributed by atoms with Crippen molar-refractivity contribution in [2.24, 2.45) is 16.8 Å². The highest BCUT2D eigenvalue weighted by molar-refractivity contribution is 7.09. The number of carbonyl (C=O) groups excluding carboxylic acids is 1. The summed E-state index contributed by atoms with van der Waals surface area (Å²) in [7, 11) is 0. The average molecular weight is 443 g/mol. The molecule has 2 fully saturated rings. The molecule has 1 aromatic heterocycles. The number of carbonyl (C=O) groups is 1. The van der Waals surface area contributed by atoms with Crippen molar-refractivity contribution in [1.29, 1.82) is 0 Å². The Bertz CT molecular complexity index is 1140. The first-order chi connectivity index (χ1) is 15.7. The third-order valence-electron chi connectivity index (χ3n) is 7.44. The van der Waals surface area contributed by atoms with Crippen molar-refractivity contribution in [2.45, 2.75) is 44.2 Å². The minimum atomic E-state index is -0.746. The standard InChI is InChI=1S/C27H26N2O2S/c1-18-22(19-9-4-2-5-10-19)15-24-27(31-25(28-24)20-11-6-3-7-12-20)16-23(18)26(30)29(27)17-21-13-8-14-32-21/h2-14,18,22-23,25H,15-17H2,1H3/t18-,22+,23?,25-,27+/m1/s1. The Morgan fingerprint density at radius 1 is 1.00 bits per heavy atom. The third kappa shape index (κ3) is 3.06. The lowest BCUT2D eigenvalue weighted by atomic mass is 9.78. The molecule has 6 rings (SSSR count). The molecule has 0 N–H and O–H groups in total. The third-order valence-corrected chi connectivity index (χ3v) is 8.30. The van der Waals surface area contributed by atoms with Gasteiger partial charge in [-0.3, -0.25) is 9.79 Å². The lowest BCUT2D eigenvalue weighted by Crippen LogP contribution is -2.52. The van der Waals surface area contributed by atoms with Gasteiger partial charge in [-0.2, -0.15) is 0 Å². The van der Waals surface area contributed by atoms with E-state index in [1.165, 1.54) is 10.4 Å². The largest absolute Gasteiger partial charge is 0.321 e. The smallest absolute Gasteiger partial charge is 0.229 e. The van der Waals surface area contributed by atoms with Gasteiger partial charge in [0.05, 0.1) is 12.3 Å². The van der Waals surface area contributed by atoms with Crippen LogP contribution in [0, 0.1) is 11.8 Å². The van der Waals surface area contributed by atoms with E-state index < -0.39 is 5.72 Å². The number of ether oxygens (including phenoxy) is 1. The van der Waals surface area contributed by atoms with Gasteiger partial charge in [-0.1, -0.05) is 73.7 Å². The van der Waals surface area contributed by atoms with E-state index in [1.54, 1.807) is 11.3 Å². The number of hydrogen-bond donors (Lipinski definition) is 0. The molecule has 2 bridgehead atoms. The van der Waals surface area contributed by atoms with E-state index in [2.05, 4.69) is 54.8 Å². The summed E-state index contributed by atoms with van der Waals surface area (Å²) >= 11 is 1.69. The normalized spacial score (nSPS) is 31.3. The molecule has 1 unspecified atom stereocenters. The van der Waals surface area contributed by atoms with Crippen LogP contribution in [0.15, 0.2) is 83.2 Å². The fourth-order valence-corrected chi connectivity index (χ4v) is 6.42. The molecule has 5 heteroatoms. The predicted molar refractivity (Wildman–Crippen MR) is 126 cm³/mol. The highest BCUT2D eigenvalue weighted by Gasteiger charge is 2.62. The maximum Gasteiger partial charge on any atom is 0.229 e. The monoisotopic (exact) mass is 442 g/mol. The van der Waals surface area contributed by atoms with Crippen molar-refractivity contribution in [1.82, 2.24) is 4.90 Å². The lowest BCUT2D eigenvalue weighted by molar-refractivity contribution is -0.150. The van der Waals surface area contributed by atoms with Crippen LogP contribution in [0.1, 0.15) is 47.9 Å². The first-order valence-corrected chi connectivity index (χ1v) is 12.2. The first kappa shape index (κ1) is 19.9. The number of likely N-dealkylation sites (tertiary alicyclic amines) is 1. The maximum atomic E-state index is 13.8. The van der Waals surface area contributed by atoms with Crippen LogP contribution in [0.3, 0.4) is 0 Å². The number of aliphatic imine (C=N–C) groups is 1. The van der Waals surface area contributed by atoms with Crippen LogP contribution in [0.2, 0.25) is 0 Å². The Kier molecular flexibility index (Phi) is 4.77. The van der Waals surface area contributed by atoms with Gasteiger partial charge in [0, 0.05) is 22.8 Å². The van der Waals surface area contributed by atoms with Gasteiger partial charge in [-0.15, -0.1) is 11.3 Å². The van der Waals surface area contributed by atoms with Crippen molar-refractivity contribution in [2.75, 3.05) is 0 Å². The summed E-state index contributed by atoms with van der Waals surface area (Å²) in [5.74, 6) is 0.616. The topological polar surface area (TPSA) is 41.9 Å². The molecule has 1 amide bonds. The van der Waals surface area contributed by atoms with E-state index in [4.69, 9.17) is 9.73 Å². The van der Waals surface area contributed by atoms with Gasteiger partial charge in [-0.25, -0.2) is 0 Å². The second-order valence-electron chi connectivity index (χ2n) is 9.14. The van der Waals surface area contributed by atoms with Gasteiger partial charge in [0.1, 0.15) is 0 Å². The number of nitrogens with zero attached hydrogens (tertiary/aromatic N) is 2. The number of fused-ring (bicyclic) bond motifs is 1. The van der Waals surface area contributed by atoms with E-state index in [1.807, 2.05) is 35.2 Å². The molecule has 0 radical (unpaired) electrons. The summed E-state index contributed by atoms with van der Waals surface area (Å²) < 4.78 is 6.78. The molecule has 2 aromatic carbocycles. The van der Waals surface area contributed by atoms with E-state index >= 15 is 0 Å². The van der Waals surface area contributed by atoms with Crippen LogP contribution >= 0.6 is 11.3 Å². The average Bonchev–Trinajstić information content (AvgIpc) is 3.52. The van der Waals surface area contributed by atoms with E-state index in [0.29, 0.717) is 13.0 Å². The zero-order chi connectivity index (χ0) is 21.7. The Morgan fingerprint density at radius 2 is 1.72 bits per heavy atom. The van der Waals surface area contributed by atoms with Gasteiger partial charge < -0.3 is 9.64 Å². The maximum absolute atomic E-state index is 13.8. The van der Waals surface area contributed by atoms with Crippen LogP contribution in [0.25, 0.3) is 0 Å². The van der Waals surface area contributed by atoms with Crippen LogP contribution < -0.4 is 0 Å². The zero-order valence-corrected chi connectivity index (χ0v) is 18.9. The van der Waals surface area contributed by atoms with Crippen molar-refractivity contribution >= 4 is 23.0 Å². The van der Waals surface area contributed by atoms with Crippen molar-refractivity contribution < 1.29 is 9.53 Å². The van der Waals surface area contributed by atoms with Crippen LogP contribution in [0.5, 0.6) is 0 Å². The molecule has 3 heterocycles. The van der Waals surface area contributed by atoms with E-state index in [0.717, 1.165) is 17.7 Å². The summed E-state index contributed by atoms with van der Waals surface area (Å²) in [6, 6.07) is 24.9. The van der Waals surface area contributed by atoms with E-state index in [9.17, 15) is 4.79 Å². The van der Waals surface area contributed by atoms with Crippen molar-refractivity contribution in [3.05, 3.63) is 94.2 Å². The van der Waals surface area contributed by atoms with E-state index in [-0.39, 0.29) is 29.9 Å². The molecular weight excluding hydrogens is 416 g/mol. The molecule has 1 saturated heterocycles. The number of rotatable bonds is 4. The fraction of sp³-hybridized carbons (Fsp3) is 0.333. The number of hydrogen-bond acceptors (Lipinski definition) is 4. The second-order valence-corrected chi connectivity index (χ2v) is 10.2. The summed E-state index contributed by atoms with van der Waals surface area (Å²) in [4.78, 5) is 22.1. The van der Waals surface area contributed by atoms with Gasteiger partial charge in [-0.05, 0) is 35.3 Å². The van der Waals surface area contributed by atoms with Gasteiger partial charge in [0.15, 0.2) is 12.0 Å². The summed E-state index contributed by atoms with van der Waals surface area (Å²) in [5.41, 5.74) is 2.60. The van der Waals surface area contributed by atoms with Crippen molar-refractivity contribution in [3.8, 4) is 0 Å². The second kappa shape index (κ2) is 7.68. The molecule has 1 saturated carbocycles. The summed E-state index contributed by atoms with van der Waals surface area (Å²) in [5, 5.41) is 2.07. The summed E-state index contributed by atoms with van der Waals surface area (Å²) in [6.45, 7) is 2.81. The fourth-order valence-electron chi connectivity index (χ4n) is 5.72. The number of amides is 1. The zero-order valence-electron chi connectivity index (χ0n) is 18.1. The molecular formula is C27H26N2O2S. The Balaban J connectivity index is 1.45. The molecule has 2 aliphatic heterocycles. The SMILES string of the molecule is C[C@H]1C2C[C@@]3(O[C@H](c4ccccc4)N=C3C[C@@H]1c1ccccc1)N(Cc1cccs1)C2=O. The molecule has 4 nitrogen and oxygen atoms in total. The van der Waals surface area contributed by atoms with Crippen LogP contribution in [0.4, 0.5) is 0 Å². The molecule has 32 heavy (non-hydrogen) atoms. The minimum Gasteiger partial charge on any atom is -0.321 e. The highest BCUT2D eigenvalue weighted by atomic mass is 32.1. The van der Waals surface area contributed by atoms with Gasteiger partial charge in [0.2, 0.25) is 5.91 Å². The molecule has 162 valence electrons. The lowest BCUT2D eigenvalue weighted by Gasteiger charge is -2.37. The predicted octanol–water partition coefficient (Wildman–Crippen LogP) is 5.79. The Hall–Kier alpha value is -2.76. The van der Waals surface area contributed by atoms with Crippen LogP contribution in [-0.4, -0.2) is 22.2 Å².